The van der Waals surface area contributed by atoms with Crippen molar-refractivity contribution in [2.24, 2.45) is 4.99 Å². The second-order valence-electron chi connectivity index (χ2n) is 5.42. The minimum absolute atomic E-state index is 0. The number of aromatic nitrogens is 1. The summed E-state index contributed by atoms with van der Waals surface area (Å²) in [5.41, 5.74) is 1.59. The summed E-state index contributed by atoms with van der Waals surface area (Å²) >= 11 is 0. The van der Waals surface area contributed by atoms with Gasteiger partial charge in [-0.25, -0.2) is 0 Å². The van der Waals surface area contributed by atoms with Crippen LogP contribution in [0, 0.1) is 0 Å². The van der Waals surface area contributed by atoms with E-state index >= 15 is 0 Å². The Morgan fingerprint density at radius 2 is 1.52 bits per heavy atom. The minimum Gasteiger partial charge on any atom is -0.508 e. The molecule has 6 heteroatoms. The summed E-state index contributed by atoms with van der Waals surface area (Å²) in [5, 5.41) is 22.4. The average Bonchev–Trinajstić information content (AvgIpc) is 2.69. The van der Waals surface area contributed by atoms with Gasteiger partial charge in [0.15, 0.2) is 0 Å². The van der Waals surface area contributed by atoms with E-state index in [4.69, 9.17) is 0 Å². The van der Waals surface area contributed by atoms with Crippen LogP contribution in [-0.2, 0) is 23.3 Å². The number of pyridine rings is 1. The molecule has 0 atom stereocenters. The first kappa shape index (κ1) is 22.4. The van der Waals surface area contributed by atoms with Crippen molar-refractivity contribution in [3.63, 3.8) is 0 Å². The van der Waals surface area contributed by atoms with Gasteiger partial charge in [-0.1, -0.05) is 36.4 Å². The first-order chi connectivity index (χ1) is 12.8. The van der Waals surface area contributed by atoms with Gasteiger partial charge in [-0.2, -0.15) is 0 Å². The van der Waals surface area contributed by atoms with Gasteiger partial charge in [0.2, 0.25) is 0 Å². The van der Waals surface area contributed by atoms with Crippen molar-refractivity contribution >= 4 is 6.21 Å². The fraction of sp³-hybridized carbons (Fsp3) is 0.143. The topological polar surface area (TPSA) is 77.7 Å². The van der Waals surface area contributed by atoms with E-state index in [2.05, 4.69) is 15.3 Å². The van der Waals surface area contributed by atoms with Crippen molar-refractivity contribution in [1.82, 2.24) is 10.3 Å². The largest absolute Gasteiger partial charge is 0.508 e. The van der Waals surface area contributed by atoms with Gasteiger partial charge in [0.25, 0.3) is 0 Å². The zero-order valence-electron chi connectivity index (χ0n) is 14.8. The van der Waals surface area contributed by atoms with E-state index in [1.165, 1.54) is 0 Å². The average molecular weight is 408 g/mol. The molecule has 5 nitrogen and oxygen atoms in total. The third kappa shape index (κ3) is 9.00. The van der Waals surface area contributed by atoms with Gasteiger partial charge < -0.3 is 15.5 Å². The van der Waals surface area contributed by atoms with Gasteiger partial charge >= 0.3 is 0 Å². The van der Waals surface area contributed by atoms with Crippen LogP contribution in [-0.4, -0.2) is 34.5 Å². The predicted molar refractivity (Wildman–Crippen MR) is 105 cm³/mol. The number of rotatable bonds is 6. The molecule has 3 N–H and O–H groups in total. The Morgan fingerprint density at radius 3 is 2.11 bits per heavy atom. The number of para-hydroxylation sites is 2. The quantitative estimate of drug-likeness (QED) is 0.432. The van der Waals surface area contributed by atoms with E-state index in [1.807, 2.05) is 42.5 Å². The van der Waals surface area contributed by atoms with Crippen LogP contribution in [0.5, 0.6) is 11.5 Å². The summed E-state index contributed by atoms with van der Waals surface area (Å²) in [7, 11) is 0. The summed E-state index contributed by atoms with van der Waals surface area (Å²) in [5.74, 6) is 0.538. The second kappa shape index (κ2) is 13.5. The molecular formula is C21H23CoN3O2. The summed E-state index contributed by atoms with van der Waals surface area (Å²) in [6.07, 6.45) is 5.16. The van der Waals surface area contributed by atoms with Crippen molar-refractivity contribution in [2.75, 3.05) is 13.1 Å². The predicted octanol–water partition coefficient (Wildman–Crippen LogP) is 3.39. The molecule has 0 aliphatic heterocycles. The van der Waals surface area contributed by atoms with Gasteiger partial charge in [0, 0.05) is 59.6 Å². The Kier molecular flexibility index (Phi) is 11.2. The molecule has 0 aliphatic carbocycles. The fourth-order valence-electron chi connectivity index (χ4n) is 2.10. The van der Waals surface area contributed by atoms with Gasteiger partial charge in [-0.3, -0.25) is 9.98 Å². The molecule has 27 heavy (non-hydrogen) atoms. The molecule has 0 saturated carbocycles. The van der Waals surface area contributed by atoms with Crippen molar-refractivity contribution in [2.45, 2.75) is 6.54 Å². The number of hydrogen-bond donors (Lipinski definition) is 3. The molecular weight excluding hydrogens is 385 g/mol. The van der Waals surface area contributed by atoms with Gasteiger partial charge in [-0.15, -0.1) is 0 Å². The van der Waals surface area contributed by atoms with Crippen molar-refractivity contribution in [3.05, 3.63) is 90.3 Å². The van der Waals surface area contributed by atoms with Crippen molar-refractivity contribution in [1.29, 1.82) is 0 Å². The molecule has 0 amide bonds. The molecule has 1 radical (unpaired) electrons. The molecule has 0 aliphatic rings. The molecule has 1 aromatic heterocycles. The number of benzene rings is 2. The third-order valence-electron chi connectivity index (χ3n) is 3.46. The summed E-state index contributed by atoms with van der Waals surface area (Å²) in [4.78, 5) is 8.03. The van der Waals surface area contributed by atoms with E-state index < -0.39 is 0 Å². The fourth-order valence-corrected chi connectivity index (χ4v) is 2.10. The maximum atomic E-state index is 9.60. The molecule has 2 aromatic carbocycles. The summed E-state index contributed by atoms with van der Waals surface area (Å²) in [6.45, 7) is 1.93. The molecule has 0 bridgehead atoms. The first-order valence-corrected chi connectivity index (χ1v) is 8.38. The van der Waals surface area contributed by atoms with E-state index in [0.717, 1.165) is 5.56 Å². The van der Waals surface area contributed by atoms with Gasteiger partial charge in [0.05, 0.1) is 6.54 Å². The second-order valence-corrected chi connectivity index (χ2v) is 5.42. The van der Waals surface area contributed by atoms with Gasteiger partial charge in [0.1, 0.15) is 11.5 Å². The first-order valence-electron chi connectivity index (χ1n) is 8.38. The third-order valence-corrected chi connectivity index (χ3v) is 3.46. The van der Waals surface area contributed by atoms with E-state index in [1.54, 1.807) is 42.9 Å². The number of hydrogen-bond acceptors (Lipinski definition) is 5. The summed E-state index contributed by atoms with van der Waals surface area (Å²) in [6, 6.07) is 20.1. The monoisotopic (exact) mass is 408 g/mol. The van der Waals surface area contributed by atoms with Crippen LogP contribution in [0.25, 0.3) is 0 Å². The molecule has 3 aromatic rings. The van der Waals surface area contributed by atoms with E-state index in [0.29, 0.717) is 30.9 Å². The van der Waals surface area contributed by atoms with Crippen LogP contribution >= 0.6 is 0 Å². The maximum absolute atomic E-state index is 9.60. The van der Waals surface area contributed by atoms with Crippen LogP contribution in [0.1, 0.15) is 11.1 Å². The van der Waals surface area contributed by atoms with Crippen LogP contribution in [0.4, 0.5) is 0 Å². The number of aliphatic imine (C=N–C) groups is 1. The number of phenols is 2. The number of nitrogens with one attached hydrogen (secondary N) is 1. The van der Waals surface area contributed by atoms with E-state index in [-0.39, 0.29) is 22.5 Å². The molecule has 3 rings (SSSR count). The van der Waals surface area contributed by atoms with Crippen LogP contribution in [0.2, 0.25) is 0 Å². The Hall–Kier alpha value is -2.67. The van der Waals surface area contributed by atoms with Crippen molar-refractivity contribution < 1.29 is 27.0 Å². The number of phenolic OH excluding ortho intramolecular Hbond substituents is 2. The molecule has 0 spiro atoms. The Balaban J connectivity index is 0.000000444. The van der Waals surface area contributed by atoms with Crippen LogP contribution in [0.15, 0.2) is 84.1 Å². The van der Waals surface area contributed by atoms with E-state index in [9.17, 15) is 10.2 Å². The summed E-state index contributed by atoms with van der Waals surface area (Å²) < 4.78 is 0. The maximum Gasteiger partial charge on any atom is 0.124 e. The minimum atomic E-state index is 0. The van der Waals surface area contributed by atoms with Gasteiger partial charge in [-0.05, 0) is 30.3 Å². The van der Waals surface area contributed by atoms with Crippen molar-refractivity contribution in [3.8, 4) is 11.5 Å². The smallest absolute Gasteiger partial charge is 0.124 e. The standard InChI is InChI=1S/C16H18N2O2.C5H5N.Co/c19-15-7-3-1-5-13(15)11-17-9-10-18-12-14-6-2-4-8-16(14)20;1-2-4-6-5-3-1;/h1-8,11,18-20H,9-10,12H2;1-5H;. The molecule has 0 fully saturated rings. The molecule has 143 valence electrons. The molecule has 1 heterocycles. The normalized spacial score (nSPS) is 9.93. The Morgan fingerprint density at radius 1 is 0.852 bits per heavy atom. The Labute approximate surface area is 170 Å². The van der Waals surface area contributed by atoms with Crippen LogP contribution in [0.3, 0.4) is 0 Å². The zero-order valence-corrected chi connectivity index (χ0v) is 15.9. The molecule has 0 unspecified atom stereocenters. The van der Waals surface area contributed by atoms with Crippen LogP contribution < -0.4 is 5.32 Å². The Bertz CT molecular complexity index is 771. The zero-order chi connectivity index (χ0) is 18.5. The molecule has 0 saturated heterocycles. The number of nitrogens with zero attached hydrogens (tertiary/aromatic N) is 2. The number of aromatic hydroxyl groups is 2. The SMILES string of the molecule is Oc1ccccc1C=NCCNCc1ccccc1O.[Co].c1ccncc1.